The van der Waals surface area contributed by atoms with Gasteiger partial charge in [0.25, 0.3) is 0 Å². The quantitative estimate of drug-likeness (QED) is 0.816. The van der Waals surface area contributed by atoms with Crippen LogP contribution in [0.5, 0.6) is 0 Å². The fourth-order valence-electron chi connectivity index (χ4n) is 2.41. The molecular weight excluding hydrogens is 250 g/mol. The molecule has 1 aromatic carbocycles. The molecule has 0 spiro atoms. The lowest BCUT2D eigenvalue weighted by Crippen LogP contribution is -2.39. The normalized spacial score (nSPS) is 21.8. The first-order valence-corrected chi connectivity index (χ1v) is 7.78. The van der Waals surface area contributed by atoms with Gasteiger partial charge >= 0.3 is 0 Å². The van der Waals surface area contributed by atoms with E-state index in [1.807, 2.05) is 31.2 Å². The minimum absolute atomic E-state index is 0.0700. The van der Waals surface area contributed by atoms with Crippen molar-refractivity contribution in [3.05, 3.63) is 29.8 Å². The van der Waals surface area contributed by atoms with Crippen LogP contribution < -0.4 is 4.90 Å². The molecule has 1 aliphatic rings. The van der Waals surface area contributed by atoms with Crippen molar-refractivity contribution in [1.29, 1.82) is 0 Å². The van der Waals surface area contributed by atoms with Gasteiger partial charge in [-0.25, -0.2) is 8.42 Å². The Morgan fingerprint density at radius 3 is 2.61 bits per heavy atom. The first-order valence-electron chi connectivity index (χ1n) is 5.96. The van der Waals surface area contributed by atoms with E-state index in [9.17, 15) is 13.2 Å². The number of benzene rings is 1. The van der Waals surface area contributed by atoms with Crippen LogP contribution in [0.3, 0.4) is 0 Å². The molecule has 2 rings (SSSR count). The van der Waals surface area contributed by atoms with Crippen LogP contribution in [-0.4, -0.2) is 31.9 Å². The van der Waals surface area contributed by atoms with Crippen molar-refractivity contribution >= 4 is 21.4 Å². The third-order valence-electron chi connectivity index (χ3n) is 3.19. The van der Waals surface area contributed by atoms with Gasteiger partial charge in [0.1, 0.15) is 0 Å². The number of nitrogens with zero attached hydrogens (tertiary/aromatic N) is 1. The monoisotopic (exact) mass is 267 g/mol. The van der Waals surface area contributed by atoms with E-state index in [1.54, 1.807) is 4.90 Å². The standard InChI is InChI=1S/C13H17NO3S/c1-10-4-3-5-12(8-10)14(11(2)15)13-6-7-18(16,17)9-13/h3-5,8,13H,6-7,9H2,1-2H3. The number of rotatable bonds is 2. The van der Waals surface area contributed by atoms with Crippen LogP contribution in [0.15, 0.2) is 24.3 Å². The average Bonchev–Trinajstić information content (AvgIpc) is 2.58. The van der Waals surface area contributed by atoms with Crippen molar-refractivity contribution in [2.24, 2.45) is 0 Å². The summed E-state index contributed by atoms with van der Waals surface area (Å²) in [7, 11) is -2.99. The first-order chi connectivity index (χ1) is 8.39. The van der Waals surface area contributed by atoms with E-state index < -0.39 is 9.84 Å². The fraction of sp³-hybridized carbons (Fsp3) is 0.462. The number of anilines is 1. The predicted molar refractivity (Wildman–Crippen MR) is 71.4 cm³/mol. The molecule has 1 aromatic rings. The van der Waals surface area contributed by atoms with Crippen LogP contribution in [0.2, 0.25) is 0 Å². The molecule has 1 saturated heterocycles. The summed E-state index contributed by atoms with van der Waals surface area (Å²) in [5, 5.41) is 0. The largest absolute Gasteiger partial charge is 0.309 e. The highest BCUT2D eigenvalue weighted by Crippen LogP contribution is 2.25. The number of aryl methyl sites for hydroxylation is 1. The summed E-state index contributed by atoms with van der Waals surface area (Å²) in [5.41, 5.74) is 1.84. The number of amides is 1. The van der Waals surface area contributed by atoms with Crippen LogP contribution in [0.1, 0.15) is 18.9 Å². The number of carbonyl (C=O) groups is 1. The predicted octanol–water partition coefficient (Wildman–Crippen LogP) is 1.54. The summed E-state index contributed by atoms with van der Waals surface area (Å²) in [6.07, 6.45) is 0.524. The molecule has 5 heteroatoms. The van der Waals surface area contributed by atoms with Gasteiger partial charge in [0.2, 0.25) is 5.91 Å². The maximum atomic E-state index is 11.8. The van der Waals surface area contributed by atoms with Gasteiger partial charge in [-0.15, -0.1) is 0 Å². The van der Waals surface area contributed by atoms with Gasteiger partial charge in [0.05, 0.1) is 17.5 Å². The van der Waals surface area contributed by atoms with Crippen molar-refractivity contribution in [2.75, 3.05) is 16.4 Å². The Morgan fingerprint density at radius 2 is 2.11 bits per heavy atom. The second-order valence-electron chi connectivity index (χ2n) is 4.78. The highest BCUT2D eigenvalue weighted by atomic mass is 32.2. The minimum Gasteiger partial charge on any atom is -0.309 e. The highest BCUT2D eigenvalue weighted by Gasteiger charge is 2.34. The third-order valence-corrected chi connectivity index (χ3v) is 4.94. The highest BCUT2D eigenvalue weighted by molar-refractivity contribution is 7.91. The van der Waals surface area contributed by atoms with E-state index >= 15 is 0 Å². The summed E-state index contributed by atoms with van der Waals surface area (Å²) >= 11 is 0. The molecule has 0 saturated carbocycles. The van der Waals surface area contributed by atoms with Crippen LogP contribution in [-0.2, 0) is 14.6 Å². The lowest BCUT2D eigenvalue weighted by Gasteiger charge is -2.27. The Bertz CT molecular complexity index is 565. The van der Waals surface area contributed by atoms with E-state index in [-0.39, 0.29) is 23.5 Å². The summed E-state index contributed by atoms with van der Waals surface area (Å²) in [5.74, 6) is 0.135. The third kappa shape index (κ3) is 2.72. The maximum absolute atomic E-state index is 11.8. The minimum atomic E-state index is -2.99. The van der Waals surface area contributed by atoms with Gasteiger partial charge in [-0.3, -0.25) is 4.79 Å². The zero-order chi connectivity index (χ0) is 13.3. The Labute approximate surface area is 108 Å². The molecule has 1 aliphatic heterocycles. The van der Waals surface area contributed by atoms with Gasteiger partial charge in [-0.1, -0.05) is 12.1 Å². The molecule has 1 fully saturated rings. The molecule has 0 aromatic heterocycles. The van der Waals surface area contributed by atoms with Gasteiger partial charge < -0.3 is 4.90 Å². The van der Waals surface area contributed by atoms with Crippen molar-refractivity contribution < 1.29 is 13.2 Å². The van der Waals surface area contributed by atoms with Crippen LogP contribution in [0, 0.1) is 6.92 Å². The molecule has 0 aliphatic carbocycles. The molecule has 1 heterocycles. The molecule has 0 bridgehead atoms. The molecule has 98 valence electrons. The van der Waals surface area contributed by atoms with Gasteiger partial charge in [-0.2, -0.15) is 0 Å². The zero-order valence-corrected chi connectivity index (χ0v) is 11.4. The molecule has 4 nitrogen and oxygen atoms in total. The van der Waals surface area contributed by atoms with Crippen molar-refractivity contribution in [3.8, 4) is 0 Å². The molecular formula is C13H17NO3S. The second kappa shape index (κ2) is 4.72. The SMILES string of the molecule is CC(=O)N(c1cccc(C)c1)C1CCS(=O)(=O)C1. The van der Waals surface area contributed by atoms with Crippen LogP contribution in [0.25, 0.3) is 0 Å². The second-order valence-corrected chi connectivity index (χ2v) is 7.01. The topological polar surface area (TPSA) is 54.5 Å². The molecule has 0 N–H and O–H groups in total. The van der Waals surface area contributed by atoms with Gasteiger partial charge in [-0.05, 0) is 31.0 Å². The zero-order valence-electron chi connectivity index (χ0n) is 10.6. The molecule has 1 atom stereocenters. The van der Waals surface area contributed by atoms with E-state index in [4.69, 9.17) is 0 Å². The summed E-state index contributed by atoms with van der Waals surface area (Å²) in [4.78, 5) is 13.4. The lowest BCUT2D eigenvalue weighted by atomic mass is 10.1. The number of hydrogen-bond acceptors (Lipinski definition) is 3. The number of carbonyl (C=O) groups excluding carboxylic acids is 1. The maximum Gasteiger partial charge on any atom is 0.224 e. The molecule has 0 radical (unpaired) electrons. The van der Waals surface area contributed by atoms with E-state index in [0.29, 0.717) is 6.42 Å². The van der Waals surface area contributed by atoms with Gasteiger partial charge in [0.15, 0.2) is 9.84 Å². The summed E-state index contributed by atoms with van der Waals surface area (Å²) in [6.45, 7) is 3.43. The average molecular weight is 267 g/mol. The number of sulfone groups is 1. The van der Waals surface area contributed by atoms with Crippen molar-refractivity contribution in [2.45, 2.75) is 26.3 Å². The Hall–Kier alpha value is -1.36. The Kier molecular flexibility index (Phi) is 3.43. The molecule has 1 unspecified atom stereocenters. The molecule has 18 heavy (non-hydrogen) atoms. The van der Waals surface area contributed by atoms with Crippen LogP contribution >= 0.6 is 0 Å². The summed E-state index contributed by atoms with van der Waals surface area (Å²) < 4.78 is 23.1. The Morgan fingerprint density at radius 1 is 1.39 bits per heavy atom. The fourth-order valence-corrected chi connectivity index (χ4v) is 4.11. The van der Waals surface area contributed by atoms with E-state index in [2.05, 4.69) is 0 Å². The van der Waals surface area contributed by atoms with Crippen molar-refractivity contribution in [1.82, 2.24) is 0 Å². The van der Waals surface area contributed by atoms with Crippen LogP contribution in [0.4, 0.5) is 5.69 Å². The van der Waals surface area contributed by atoms with Gasteiger partial charge in [0, 0.05) is 12.6 Å². The summed E-state index contributed by atoms with van der Waals surface area (Å²) in [6, 6.07) is 7.36. The van der Waals surface area contributed by atoms with E-state index in [0.717, 1.165) is 11.3 Å². The lowest BCUT2D eigenvalue weighted by molar-refractivity contribution is -0.116. The smallest absolute Gasteiger partial charge is 0.224 e. The van der Waals surface area contributed by atoms with Crippen molar-refractivity contribution in [3.63, 3.8) is 0 Å². The van der Waals surface area contributed by atoms with E-state index in [1.165, 1.54) is 6.92 Å². The number of hydrogen-bond donors (Lipinski definition) is 0. The first kappa shape index (κ1) is 13.1. The Balaban J connectivity index is 2.33. The molecule has 1 amide bonds.